The van der Waals surface area contributed by atoms with Crippen LogP contribution in [0.25, 0.3) is 0 Å². The lowest BCUT2D eigenvalue weighted by atomic mass is 10.1. The Labute approximate surface area is 112 Å². The number of nitrogens with one attached hydrogen (secondary N) is 1. The van der Waals surface area contributed by atoms with Crippen LogP contribution in [0.3, 0.4) is 0 Å². The Hall–Kier alpha value is -1.72. The number of likely N-dealkylation sites (tertiary alicyclic amines) is 1. The number of nitrogens with zero attached hydrogens (tertiary/aromatic N) is 1. The molecule has 2 rings (SSSR count). The molecule has 1 atom stereocenters. The van der Waals surface area contributed by atoms with Gasteiger partial charge in [-0.2, -0.15) is 0 Å². The molecule has 1 fully saturated rings. The Balaban J connectivity index is 1.74. The molecule has 1 heterocycles. The van der Waals surface area contributed by atoms with Crippen molar-refractivity contribution in [2.45, 2.75) is 18.9 Å². The minimum Gasteiger partial charge on any atom is -0.392 e. The maximum atomic E-state index is 11.7. The molecule has 2 N–H and O–H groups in total. The molecule has 1 aromatic rings. The van der Waals surface area contributed by atoms with E-state index >= 15 is 0 Å². The van der Waals surface area contributed by atoms with Gasteiger partial charge in [-0.3, -0.25) is 19.8 Å². The number of rotatable bonds is 4. The third kappa shape index (κ3) is 4.46. The highest BCUT2D eigenvalue weighted by molar-refractivity contribution is 5.96. The second kappa shape index (κ2) is 6.45. The Morgan fingerprint density at radius 1 is 1.26 bits per heavy atom. The molecule has 1 aliphatic rings. The van der Waals surface area contributed by atoms with Gasteiger partial charge in [0.05, 0.1) is 19.1 Å². The monoisotopic (exact) mass is 262 g/mol. The van der Waals surface area contributed by atoms with E-state index in [1.54, 1.807) is 0 Å². The number of aliphatic hydroxyl groups excluding tert-OH is 1. The first-order chi connectivity index (χ1) is 9.13. The normalized spacial score (nSPS) is 19.3. The summed E-state index contributed by atoms with van der Waals surface area (Å²) in [4.78, 5) is 25.2. The summed E-state index contributed by atoms with van der Waals surface area (Å²) in [7, 11) is 0. The molecule has 5 nitrogen and oxygen atoms in total. The standard InChI is InChI=1S/C14H18N2O3/c17-12-6-7-16(9-12)10-14(19)15-13(18)8-11-4-2-1-3-5-11/h1-5,12,17H,6-10H2,(H,15,18,19)/t12-/m0/s1. The van der Waals surface area contributed by atoms with Crippen molar-refractivity contribution in [3.05, 3.63) is 35.9 Å². The Bertz CT molecular complexity index is 447. The molecule has 0 aromatic heterocycles. The van der Waals surface area contributed by atoms with Crippen LogP contribution < -0.4 is 5.32 Å². The van der Waals surface area contributed by atoms with Crippen LogP contribution in [0.15, 0.2) is 30.3 Å². The van der Waals surface area contributed by atoms with Crippen LogP contribution in [0.2, 0.25) is 0 Å². The van der Waals surface area contributed by atoms with Gasteiger partial charge in [0.1, 0.15) is 0 Å². The summed E-state index contributed by atoms with van der Waals surface area (Å²) >= 11 is 0. The molecular weight excluding hydrogens is 244 g/mol. The van der Waals surface area contributed by atoms with Crippen molar-refractivity contribution >= 4 is 11.8 Å². The van der Waals surface area contributed by atoms with Crippen LogP contribution in [0.5, 0.6) is 0 Å². The van der Waals surface area contributed by atoms with Gasteiger partial charge in [0, 0.05) is 13.1 Å². The molecule has 19 heavy (non-hydrogen) atoms. The van der Waals surface area contributed by atoms with E-state index in [2.05, 4.69) is 5.32 Å². The molecule has 1 saturated heterocycles. The summed E-state index contributed by atoms with van der Waals surface area (Å²) in [5, 5.41) is 11.7. The summed E-state index contributed by atoms with van der Waals surface area (Å²) in [6.07, 6.45) is 0.535. The molecule has 2 amide bonds. The molecule has 1 aromatic carbocycles. The van der Waals surface area contributed by atoms with Crippen molar-refractivity contribution in [3.63, 3.8) is 0 Å². The second-order valence-electron chi connectivity index (χ2n) is 4.81. The highest BCUT2D eigenvalue weighted by atomic mass is 16.3. The van der Waals surface area contributed by atoms with Crippen molar-refractivity contribution in [1.29, 1.82) is 0 Å². The molecule has 0 radical (unpaired) electrons. The number of β-amino-alcohol motifs (C(OH)–C–C–N with tert-alkyl or cyclic N) is 1. The second-order valence-corrected chi connectivity index (χ2v) is 4.81. The minimum absolute atomic E-state index is 0.164. The summed E-state index contributed by atoms with van der Waals surface area (Å²) in [5.74, 6) is -0.606. The Morgan fingerprint density at radius 2 is 2.00 bits per heavy atom. The van der Waals surface area contributed by atoms with E-state index in [1.165, 1.54) is 0 Å². The fraction of sp³-hybridized carbons (Fsp3) is 0.429. The van der Waals surface area contributed by atoms with Gasteiger partial charge in [0.15, 0.2) is 0 Å². The van der Waals surface area contributed by atoms with Crippen LogP contribution in [0.1, 0.15) is 12.0 Å². The van der Waals surface area contributed by atoms with E-state index in [4.69, 9.17) is 0 Å². The third-order valence-corrected chi connectivity index (χ3v) is 3.10. The highest BCUT2D eigenvalue weighted by Crippen LogP contribution is 2.07. The zero-order chi connectivity index (χ0) is 13.7. The summed E-state index contributed by atoms with van der Waals surface area (Å²) in [6.45, 7) is 1.36. The fourth-order valence-corrected chi connectivity index (χ4v) is 2.18. The largest absolute Gasteiger partial charge is 0.392 e. The van der Waals surface area contributed by atoms with E-state index in [1.807, 2.05) is 35.2 Å². The van der Waals surface area contributed by atoms with Crippen molar-refractivity contribution in [2.24, 2.45) is 0 Å². The number of hydrogen-bond donors (Lipinski definition) is 2. The first-order valence-corrected chi connectivity index (χ1v) is 6.40. The van der Waals surface area contributed by atoms with Crippen LogP contribution in [0, 0.1) is 0 Å². The Morgan fingerprint density at radius 3 is 2.63 bits per heavy atom. The summed E-state index contributed by atoms with van der Waals surface area (Å²) in [6, 6.07) is 9.29. The first-order valence-electron chi connectivity index (χ1n) is 6.40. The lowest BCUT2D eigenvalue weighted by molar-refractivity contribution is -0.130. The van der Waals surface area contributed by atoms with Gasteiger partial charge in [0.2, 0.25) is 11.8 Å². The topological polar surface area (TPSA) is 69.6 Å². The molecule has 102 valence electrons. The molecule has 0 saturated carbocycles. The first kappa shape index (κ1) is 13.7. The molecule has 0 unspecified atom stereocenters. The SMILES string of the molecule is O=C(Cc1ccccc1)NC(=O)CN1CC[C@H](O)C1. The number of benzene rings is 1. The average molecular weight is 262 g/mol. The molecule has 5 heteroatoms. The average Bonchev–Trinajstić information content (AvgIpc) is 2.75. The van der Waals surface area contributed by atoms with Crippen molar-refractivity contribution in [2.75, 3.05) is 19.6 Å². The van der Waals surface area contributed by atoms with Crippen LogP contribution >= 0.6 is 0 Å². The lowest BCUT2D eigenvalue weighted by Gasteiger charge is -2.13. The lowest BCUT2D eigenvalue weighted by Crippen LogP contribution is -2.40. The zero-order valence-corrected chi connectivity index (χ0v) is 10.7. The van der Waals surface area contributed by atoms with Gasteiger partial charge in [0.25, 0.3) is 0 Å². The van der Waals surface area contributed by atoms with E-state index in [0.717, 1.165) is 5.56 Å². The Kier molecular flexibility index (Phi) is 4.65. The molecular formula is C14H18N2O3. The molecule has 0 aliphatic carbocycles. The third-order valence-electron chi connectivity index (χ3n) is 3.10. The summed E-state index contributed by atoms with van der Waals surface area (Å²) < 4.78 is 0. The number of hydrogen-bond acceptors (Lipinski definition) is 4. The predicted octanol–water partition coefficient (Wildman–Crippen LogP) is -0.0615. The summed E-state index contributed by atoms with van der Waals surface area (Å²) in [5.41, 5.74) is 0.879. The van der Waals surface area contributed by atoms with Gasteiger partial charge in [-0.05, 0) is 12.0 Å². The highest BCUT2D eigenvalue weighted by Gasteiger charge is 2.22. The number of amides is 2. The van der Waals surface area contributed by atoms with Crippen LogP contribution in [-0.4, -0.2) is 47.6 Å². The van der Waals surface area contributed by atoms with E-state index in [9.17, 15) is 14.7 Å². The maximum absolute atomic E-state index is 11.7. The predicted molar refractivity (Wildman–Crippen MR) is 70.4 cm³/mol. The number of aliphatic hydroxyl groups is 1. The van der Waals surface area contributed by atoms with E-state index in [0.29, 0.717) is 19.5 Å². The van der Waals surface area contributed by atoms with E-state index < -0.39 is 0 Å². The number of carbonyl (C=O) groups excluding carboxylic acids is 2. The smallest absolute Gasteiger partial charge is 0.240 e. The minimum atomic E-state index is -0.354. The van der Waals surface area contributed by atoms with Crippen molar-refractivity contribution in [1.82, 2.24) is 10.2 Å². The van der Waals surface area contributed by atoms with Gasteiger partial charge >= 0.3 is 0 Å². The van der Waals surface area contributed by atoms with Crippen LogP contribution in [0.4, 0.5) is 0 Å². The quantitative estimate of drug-likeness (QED) is 0.797. The zero-order valence-electron chi connectivity index (χ0n) is 10.7. The van der Waals surface area contributed by atoms with Gasteiger partial charge < -0.3 is 5.11 Å². The molecule has 0 bridgehead atoms. The maximum Gasteiger partial charge on any atom is 0.240 e. The van der Waals surface area contributed by atoms with Crippen molar-refractivity contribution < 1.29 is 14.7 Å². The van der Waals surface area contributed by atoms with Gasteiger partial charge in [-0.15, -0.1) is 0 Å². The van der Waals surface area contributed by atoms with E-state index in [-0.39, 0.29) is 30.9 Å². The van der Waals surface area contributed by atoms with Gasteiger partial charge in [-0.1, -0.05) is 30.3 Å². The van der Waals surface area contributed by atoms with Crippen LogP contribution in [-0.2, 0) is 16.0 Å². The van der Waals surface area contributed by atoms with Crippen molar-refractivity contribution in [3.8, 4) is 0 Å². The fourth-order valence-electron chi connectivity index (χ4n) is 2.18. The number of carbonyl (C=O) groups is 2. The number of imide groups is 1. The van der Waals surface area contributed by atoms with Gasteiger partial charge in [-0.25, -0.2) is 0 Å². The molecule has 0 spiro atoms. The molecule has 1 aliphatic heterocycles.